The fourth-order valence-electron chi connectivity index (χ4n) is 2.85. The standard InChI is InChI=1S/C20H21FN2O/c21-19-10-4-5-11-20(19)23-12-6-9-18(23)16-22(13-14-24)15-17-7-2-1-3-8-17/h1-12,24H,13-16H2. The van der Waals surface area contributed by atoms with Gasteiger partial charge in [0.2, 0.25) is 0 Å². The summed E-state index contributed by atoms with van der Waals surface area (Å²) in [5.41, 5.74) is 2.72. The Hall–Kier alpha value is -2.43. The van der Waals surface area contributed by atoms with Gasteiger partial charge in [-0.15, -0.1) is 0 Å². The predicted molar refractivity (Wildman–Crippen MR) is 93.4 cm³/mol. The first kappa shape index (κ1) is 16.4. The van der Waals surface area contributed by atoms with E-state index in [1.54, 1.807) is 12.1 Å². The molecule has 1 aromatic heterocycles. The highest BCUT2D eigenvalue weighted by molar-refractivity contribution is 5.36. The van der Waals surface area contributed by atoms with E-state index >= 15 is 0 Å². The van der Waals surface area contributed by atoms with Crippen LogP contribution >= 0.6 is 0 Å². The molecular weight excluding hydrogens is 303 g/mol. The van der Waals surface area contributed by atoms with Crippen molar-refractivity contribution in [2.45, 2.75) is 13.1 Å². The summed E-state index contributed by atoms with van der Waals surface area (Å²) in [6, 6.07) is 20.8. The molecule has 2 aromatic carbocycles. The van der Waals surface area contributed by atoms with E-state index in [0.717, 1.165) is 12.2 Å². The highest BCUT2D eigenvalue weighted by Crippen LogP contribution is 2.18. The third-order valence-electron chi connectivity index (χ3n) is 4.00. The van der Waals surface area contributed by atoms with Crippen molar-refractivity contribution in [1.82, 2.24) is 9.47 Å². The van der Waals surface area contributed by atoms with Crippen molar-refractivity contribution in [3.63, 3.8) is 0 Å². The van der Waals surface area contributed by atoms with Crippen LogP contribution < -0.4 is 0 Å². The molecule has 0 fully saturated rings. The zero-order chi connectivity index (χ0) is 16.8. The van der Waals surface area contributed by atoms with Crippen molar-refractivity contribution in [1.29, 1.82) is 0 Å². The molecule has 0 radical (unpaired) electrons. The molecule has 0 spiro atoms. The first-order valence-electron chi connectivity index (χ1n) is 8.06. The van der Waals surface area contributed by atoms with E-state index in [2.05, 4.69) is 17.0 Å². The zero-order valence-electron chi connectivity index (χ0n) is 13.5. The van der Waals surface area contributed by atoms with Crippen molar-refractivity contribution in [3.05, 3.63) is 90.0 Å². The van der Waals surface area contributed by atoms with E-state index in [4.69, 9.17) is 0 Å². The summed E-state index contributed by atoms with van der Waals surface area (Å²) in [5.74, 6) is -0.244. The summed E-state index contributed by atoms with van der Waals surface area (Å²) in [7, 11) is 0. The normalized spacial score (nSPS) is 11.1. The molecule has 0 saturated heterocycles. The number of aliphatic hydroxyl groups is 1. The molecule has 3 aromatic rings. The van der Waals surface area contributed by atoms with E-state index in [0.29, 0.717) is 18.8 Å². The minimum absolute atomic E-state index is 0.0905. The minimum Gasteiger partial charge on any atom is -0.395 e. The Morgan fingerprint density at radius 3 is 2.38 bits per heavy atom. The van der Waals surface area contributed by atoms with Crippen LogP contribution in [0.25, 0.3) is 5.69 Å². The van der Waals surface area contributed by atoms with E-state index in [1.807, 2.05) is 47.2 Å². The summed E-state index contributed by atoms with van der Waals surface area (Å²) in [5, 5.41) is 9.37. The topological polar surface area (TPSA) is 28.4 Å². The Kier molecular flexibility index (Phi) is 5.41. The number of hydrogen-bond donors (Lipinski definition) is 1. The van der Waals surface area contributed by atoms with Gasteiger partial charge in [0, 0.05) is 31.5 Å². The van der Waals surface area contributed by atoms with Crippen molar-refractivity contribution in [2.24, 2.45) is 0 Å². The third-order valence-corrected chi connectivity index (χ3v) is 4.00. The molecular formula is C20H21FN2O. The van der Waals surface area contributed by atoms with Crippen LogP contribution in [0, 0.1) is 5.82 Å². The molecule has 1 heterocycles. The molecule has 24 heavy (non-hydrogen) atoms. The maximum absolute atomic E-state index is 14.1. The van der Waals surface area contributed by atoms with Gasteiger partial charge in [0.15, 0.2) is 0 Å². The van der Waals surface area contributed by atoms with Gasteiger partial charge in [0.1, 0.15) is 5.82 Å². The minimum atomic E-state index is -0.244. The maximum atomic E-state index is 14.1. The van der Waals surface area contributed by atoms with Crippen molar-refractivity contribution in [2.75, 3.05) is 13.2 Å². The Morgan fingerprint density at radius 2 is 1.62 bits per heavy atom. The SMILES string of the molecule is OCCN(Cc1ccccc1)Cc1cccn1-c1ccccc1F. The molecule has 124 valence electrons. The lowest BCUT2D eigenvalue weighted by Crippen LogP contribution is -2.27. The lowest BCUT2D eigenvalue weighted by molar-refractivity contribution is 0.182. The van der Waals surface area contributed by atoms with Crippen molar-refractivity contribution in [3.8, 4) is 5.69 Å². The van der Waals surface area contributed by atoms with Crippen LogP contribution in [-0.2, 0) is 13.1 Å². The monoisotopic (exact) mass is 324 g/mol. The molecule has 4 heteroatoms. The van der Waals surface area contributed by atoms with E-state index in [9.17, 15) is 9.50 Å². The second-order valence-electron chi connectivity index (χ2n) is 5.74. The Morgan fingerprint density at radius 1 is 0.875 bits per heavy atom. The van der Waals surface area contributed by atoms with E-state index in [-0.39, 0.29) is 12.4 Å². The molecule has 0 amide bonds. The van der Waals surface area contributed by atoms with Gasteiger partial charge in [-0.3, -0.25) is 4.90 Å². The molecule has 0 aliphatic carbocycles. The van der Waals surface area contributed by atoms with Gasteiger partial charge in [0.25, 0.3) is 0 Å². The summed E-state index contributed by atoms with van der Waals surface area (Å²) >= 11 is 0. The third kappa shape index (κ3) is 3.91. The Balaban J connectivity index is 1.81. The number of hydrogen-bond acceptors (Lipinski definition) is 2. The van der Waals surface area contributed by atoms with Crippen molar-refractivity contribution < 1.29 is 9.50 Å². The Labute approximate surface area is 141 Å². The number of aliphatic hydroxyl groups excluding tert-OH is 1. The second-order valence-corrected chi connectivity index (χ2v) is 5.74. The summed E-state index contributed by atoms with van der Waals surface area (Å²) in [6.45, 7) is 2.03. The molecule has 0 atom stereocenters. The van der Waals surface area contributed by atoms with Gasteiger partial charge in [0.05, 0.1) is 12.3 Å². The second kappa shape index (κ2) is 7.90. The van der Waals surface area contributed by atoms with E-state index in [1.165, 1.54) is 11.6 Å². The van der Waals surface area contributed by atoms with E-state index < -0.39 is 0 Å². The summed E-state index contributed by atoms with van der Waals surface area (Å²) < 4.78 is 16.0. The molecule has 0 aliphatic rings. The smallest absolute Gasteiger partial charge is 0.147 e. The fourth-order valence-corrected chi connectivity index (χ4v) is 2.85. The van der Waals surface area contributed by atoms with Crippen LogP contribution in [0.1, 0.15) is 11.3 Å². The van der Waals surface area contributed by atoms with Crippen LogP contribution in [0.2, 0.25) is 0 Å². The number of nitrogens with zero attached hydrogens (tertiary/aromatic N) is 2. The molecule has 3 nitrogen and oxygen atoms in total. The molecule has 0 aliphatic heterocycles. The van der Waals surface area contributed by atoms with Crippen LogP contribution in [0.3, 0.4) is 0 Å². The van der Waals surface area contributed by atoms with Crippen molar-refractivity contribution >= 4 is 0 Å². The Bertz CT molecular complexity index is 770. The lowest BCUT2D eigenvalue weighted by Gasteiger charge is -2.22. The molecule has 0 unspecified atom stereocenters. The largest absolute Gasteiger partial charge is 0.395 e. The summed E-state index contributed by atoms with van der Waals surface area (Å²) in [4.78, 5) is 2.15. The molecule has 0 bridgehead atoms. The first-order chi connectivity index (χ1) is 11.8. The number of halogens is 1. The van der Waals surface area contributed by atoms with Crippen LogP contribution in [-0.4, -0.2) is 27.7 Å². The van der Waals surface area contributed by atoms with Gasteiger partial charge in [-0.25, -0.2) is 4.39 Å². The fraction of sp³-hybridized carbons (Fsp3) is 0.200. The molecule has 1 N–H and O–H groups in total. The van der Waals surface area contributed by atoms with Crippen LogP contribution in [0.4, 0.5) is 4.39 Å². The number of benzene rings is 2. The number of para-hydroxylation sites is 1. The number of rotatable bonds is 7. The summed E-state index contributed by atoms with van der Waals surface area (Å²) in [6.07, 6.45) is 1.87. The maximum Gasteiger partial charge on any atom is 0.147 e. The quantitative estimate of drug-likeness (QED) is 0.719. The van der Waals surface area contributed by atoms with Gasteiger partial charge in [-0.1, -0.05) is 42.5 Å². The predicted octanol–water partition coefficient (Wildman–Crippen LogP) is 3.61. The highest BCUT2D eigenvalue weighted by Gasteiger charge is 2.12. The van der Waals surface area contributed by atoms with Gasteiger partial charge < -0.3 is 9.67 Å². The average molecular weight is 324 g/mol. The lowest BCUT2D eigenvalue weighted by atomic mass is 10.2. The zero-order valence-corrected chi connectivity index (χ0v) is 13.5. The average Bonchev–Trinajstić information content (AvgIpc) is 3.04. The molecule has 0 saturated carbocycles. The van der Waals surface area contributed by atoms with Gasteiger partial charge in [-0.2, -0.15) is 0 Å². The highest BCUT2D eigenvalue weighted by atomic mass is 19.1. The first-order valence-corrected chi connectivity index (χ1v) is 8.06. The van der Waals surface area contributed by atoms with Gasteiger partial charge >= 0.3 is 0 Å². The van der Waals surface area contributed by atoms with Crippen LogP contribution in [0.5, 0.6) is 0 Å². The number of aromatic nitrogens is 1. The van der Waals surface area contributed by atoms with Gasteiger partial charge in [-0.05, 0) is 29.8 Å². The molecule has 3 rings (SSSR count). The van der Waals surface area contributed by atoms with Crippen LogP contribution in [0.15, 0.2) is 72.9 Å².